The average molecular weight is 275 g/mol. The summed E-state index contributed by atoms with van der Waals surface area (Å²) < 4.78 is 1.76. The van der Waals surface area contributed by atoms with Crippen LogP contribution in [0.3, 0.4) is 0 Å². The van der Waals surface area contributed by atoms with Gasteiger partial charge in [-0.3, -0.25) is 9.67 Å². The van der Waals surface area contributed by atoms with E-state index in [0.29, 0.717) is 19.5 Å². The van der Waals surface area contributed by atoms with Gasteiger partial charge in [-0.1, -0.05) is 18.2 Å². The fourth-order valence-electron chi connectivity index (χ4n) is 2.02. The molecular weight excluding hydrogens is 254 g/mol. The molecule has 0 radical (unpaired) electrons. The topological polar surface area (TPSA) is 75.9 Å². The van der Waals surface area contributed by atoms with Gasteiger partial charge in [0.25, 0.3) is 0 Å². The van der Waals surface area contributed by atoms with E-state index in [2.05, 4.69) is 33.6 Å². The molecule has 2 aromatic rings. The Labute approximate surface area is 118 Å². The van der Waals surface area contributed by atoms with E-state index in [4.69, 9.17) is 5.11 Å². The first-order valence-electron chi connectivity index (χ1n) is 6.96. The zero-order valence-electron chi connectivity index (χ0n) is 11.8. The van der Waals surface area contributed by atoms with Crippen molar-refractivity contribution in [2.24, 2.45) is 0 Å². The predicted octanol–water partition coefficient (Wildman–Crippen LogP) is 0.908. The molecule has 20 heavy (non-hydrogen) atoms. The third-order valence-corrected chi connectivity index (χ3v) is 3.10. The van der Waals surface area contributed by atoms with Gasteiger partial charge >= 0.3 is 0 Å². The van der Waals surface area contributed by atoms with Crippen molar-refractivity contribution in [3.8, 4) is 0 Å². The molecule has 6 heteroatoms. The normalized spacial score (nSPS) is 10.9. The summed E-state index contributed by atoms with van der Waals surface area (Å²) in [6.07, 6.45) is 5.41. The first-order chi connectivity index (χ1) is 9.83. The highest BCUT2D eigenvalue weighted by Gasteiger charge is 2.03. The lowest BCUT2D eigenvalue weighted by molar-refractivity contribution is 0.276. The average Bonchev–Trinajstić information content (AvgIpc) is 2.93. The maximum atomic E-state index is 8.77. The molecule has 0 aliphatic carbocycles. The largest absolute Gasteiger partial charge is 0.396 e. The second-order valence-corrected chi connectivity index (χ2v) is 4.62. The highest BCUT2D eigenvalue weighted by Crippen LogP contribution is 2.06. The maximum absolute atomic E-state index is 8.77. The van der Waals surface area contributed by atoms with E-state index in [1.54, 1.807) is 4.68 Å². The molecule has 2 heterocycles. The van der Waals surface area contributed by atoms with Gasteiger partial charge in [-0.2, -0.15) is 0 Å². The summed E-state index contributed by atoms with van der Waals surface area (Å²) in [6.45, 7) is 4.40. The monoisotopic (exact) mass is 275 g/mol. The van der Waals surface area contributed by atoms with Crippen molar-refractivity contribution in [2.45, 2.75) is 39.4 Å². The number of aliphatic hydroxyl groups is 1. The molecule has 2 rings (SSSR count). The number of nitrogens with zero attached hydrogens (tertiary/aromatic N) is 4. The van der Waals surface area contributed by atoms with Crippen molar-refractivity contribution in [2.75, 3.05) is 6.61 Å². The fourth-order valence-corrected chi connectivity index (χ4v) is 2.02. The number of pyridine rings is 1. The second kappa shape index (κ2) is 7.72. The summed E-state index contributed by atoms with van der Waals surface area (Å²) in [5.41, 5.74) is 3.26. The summed E-state index contributed by atoms with van der Waals surface area (Å²) in [4.78, 5) is 4.39. The lowest BCUT2D eigenvalue weighted by atomic mass is 10.1. The summed E-state index contributed by atoms with van der Waals surface area (Å²) >= 11 is 0. The van der Waals surface area contributed by atoms with Crippen molar-refractivity contribution in [3.63, 3.8) is 0 Å². The number of nitrogens with one attached hydrogen (secondary N) is 1. The SMILES string of the molecule is CCc1cccnc1CNCc1cn(CCCO)nn1. The number of rotatable bonds is 8. The van der Waals surface area contributed by atoms with Gasteiger partial charge < -0.3 is 10.4 Å². The van der Waals surface area contributed by atoms with Gasteiger partial charge in [0, 0.05) is 38.6 Å². The smallest absolute Gasteiger partial charge is 0.0964 e. The van der Waals surface area contributed by atoms with Crippen LogP contribution in [0.4, 0.5) is 0 Å². The van der Waals surface area contributed by atoms with E-state index < -0.39 is 0 Å². The minimum atomic E-state index is 0.174. The molecule has 0 aliphatic heterocycles. The lowest BCUT2D eigenvalue weighted by Crippen LogP contribution is -2.15. The summed E-state index contributed by atoms with van der Waals surface area (Å²) in [5.74, 6) is 0. The van der Waals surface area contributed by atoms with Crippen molar-refractivity contribution < 1.29 is 5.11 Å². The molecular formula is C14H21N5O. The number of hydrogen-bond donors (Lipinski definition) is 2. The van der Waals surface area contributed by atoms with E-state index >= 15 is 0 Å². The number of aryl methyl sites for hydroxylation is 2. The molecule has 108 valence electrons. The molecule has 0 aliphatic rings. The molecule has 0 aromatic carbocycles. The van der Waals surface area contributed by atoms with Crippen LogP contribution in [0.25, 0.3) is 0 Å². The fraction of sp³-hybridized carbons (Fsp3) is 0.500. The Morgan fingerprint density at radius 3 is 3.05 bits per heavy atom. The zero-order chi connectivity index (χ0) is 14.2. The summed E-state index contributed by atoms with van der Waals surface area (Å²) in [6, 6.07) is 4.07. The zero-order valence-corrected chi connectivity index (χ0v) is 11.8. The van der Waals surface area contributed by atoms with E-state index in [-0.39, 0.29) is 6.61 Å². The third-order valence-electron chi connectivity index (χ3n) is 3.10. The number of aromatic nitrogens is 4. The van der Waals surface area contributed by atoms with Crippen LogP contribution in [0, 0.1) is 0 Å². The molecule has 0 spiro atoms. The molecule has 0 atom stereocenters. The molecule has 0 amide bonds. The number of aliphatic hydroxyl groups excluding tert-OH is 1. The Morgan fingerprint density at radius 2 is 2.25 bits per heavy atom. The highest BCUT2D eigenvalue weighted by atomic mass is 16.3. The predicted molar refractivity (Wildman–Crippen MR) is 75.9 cm³/mol. The Kier molecular flexibility index (Phi) is 5.64. The van der Waals surface area contributed by atoms with Crippen LogP contribution in [0.2, 0.25) is 0 Å². The van der Waals surface area contributed by atoms with Crippen LogP contribution >= 0.6 is 0 Å². The Balaban J connectivity index is 1.82. The Morgan fingerprint density at radius 1 is 1.35 bits per heavy atom. The molecule has 0 unspecified atom stereocenters. The summed E-state index contributed by atoms with van der Waals surface area (Å²) in [7, 11) is 0. The van der Waals surface area contributed by atoms with Gasteiger partial charge in [0.15, 0.2) is 0 Å². The third kappa shape index (κ3) is 4.11. The highest BCUT2D eigenvalue weighted by molar-refractivity contribution is 5.19. The standard InChI is InChI=1S/C14H21N5O/c1-2-12-5-3-6-16-14(12)10-15-9-13-11-19(18-17-13)7-4-8-20/h3,5-6,11,15,20H,2,4,7-10H2,1H3. The van der Waals surface area contributed by atoms with Crippen LogP contribution in [-0.4, -0.2) is 31.7 Å². The van der Waals surface area contributed by atoms with Crippen molar-refractivity contribution in [1.29, 1.82) is 0 Å². The first-order valence-corrected chi connectivity index (χ1v) is 6.96. The Bertz CT molecular complexity index is 526. The van der Waals surface area contributed by atoms with Crippen LogP contribution in [0.5, 0.6) is 0 Å². The van der Waals surface area contributed by atoms with E-state index in [1.165, 1.54) is 5.56 Å². The molecule has 0 saturated heterocycles. The van der Waals surface area contributed by atoms with Crippen molar-refractivity contribution in [1.82, 2.24) is 25.3 Å². The van der Waals surface area contributed by atoms with E-state index in [1.807, 2.05) is 18.5 Å². The minimum absolute atomic E-state index is 0.174. The van der Waals surface area contributed by atoms with Gasteiger partial charge in [-0.15, -0.1) is 5.10 Å². The lowest BCUT2D eigenvalue weighted by Gasteiger charge is -2.06. The van der Waals surface area contributed by atoms with Crippen LogP contribution in [0.1, 0.15) is 30.3 Å². The van der Waals surface area contributed by atoms with Gasteiger partial charge in [-0.25, -0.2) is 0 Å². The van der Waals surface area contributed by atoms with E-state index in [0.717, 1.165) is 24.4 Å². The molecule has 2 aromatic heterocycles. The first kappa shape index (κ1) is 14.6. The van der Waals surface area contributed by atoms with Gasteiger partial charge in [-0.05, 0) is 24.5 Å². The van der Waals surface area contributed by atoms with Crippen LogP contribution < -0.4 is 5.32 Å². The minimum Gasteiger partial charge on any atom is -0.396 e. The van der Waals surface area contributed by atoms with Crippen LogP contribution in [0.15, 0.2) is 24.5 Å². The molecule has 6 nitrogen and oxygen atoms in total. The summed E-state index contributed by atoms with van der Waals surface area (Å²) in [5, 5.41) is 20.2. The van der Waals surface area contributed by atoms with Gasteiger partial charge in [0.1, 0.15) is 0 Å². The Hall–Kier alpha value is -1.79. The molecule has 0 fully saturated rings. The second-order valence-electron chi connectivity index (χ2n) is 4.62. The van der Waals surface area contributed by atoms with Gasteiger partial charge in [0.05, 0.1) is 11.4 Å². The van der Waals surface area contributed by atoms with Gasteiger partial charge in [0.2, 0.25) is 0 Å². The quantitative estimate of drug-likeness (QED) is 0.749. The maximum Gasteiger partial charge on any atom is 0.0964 e. The number of hydrogen-bond acceptors (Lipinski definition) is 5. The molecule has 2 N–H and O–H groups in total. The van der Waals surface area contributed by atoms with Crippen molar-refractivity contribution >= 4 is 0 Å². The van der Waals surface area contributed by atoms with Crippen molar-refractivity contribution in [3.05, 3.63) is 41.5 Å². The van der Waals surface area contributed by atoms with E-state index in [9.17, 15) is 0 Å². The molecule has 0 saturated carbocycles. The van der Waals surface area contributed by atoms with Crippen LogP contribution in [-0.2, 0) is 26.1 Å². The molecule has 0 bridgehead atoms.